The minimum absolute atomic E-state index is 0.160. The van der Waals surface area contributed by atoms with Crippen molar-refractivity contribution in [1.29, 1.82) is 5.26 Å². The van der Waals surface area contributed by atoms with Gasteiger partial charge in [0.25, 0.3) is 5.91 Å². The molecule has 0 radical (unpaired) electrons. The number of nitriles is 1. The zero-order chi connectivity index (χ0) is 18.0. The Labute approximate surface area is 143 Å². The van der Waals surface area contributed by atoms with Crippen molar-refractivity contribution in [2.75, 3.05) is 13.1 Å². The van der Waals surface area contributed by atoms with Gasteiger partial charge in [0.15, 0.2) is 0 Å². The predicted molar refractivity (Wildman–Crippen MR) is 90.8 cm³/mol. The second kappa shape index (κ2) is 6.91. The molecule has 6 nitrogen and oxygen atoms in total. The molecule has 1 saturated carbocycles. The zero-order valence-corrected chi connectivity index (χ0v) is 15.1. The summed E-state index contributed by atoms with van der Waals surface area (Å²) in [5.41, 5.74) is -0.529. The van der Waals surface area contributed by atoms with Crippen molar-refractivity contribution in [3.8, 4) is 6.07 Å². The molecule has 0 bridgehead atoms. The van der Waals surface area contributed by atoms with Gasteiger partial charge in [-0.05, 0) is 49.9 Å². The van der Waals surface area contributed by atoms with Crippen LogP contribution in [0.2, 0.25) is 0 Å². The number of sulfonamides is 1. The molecule has 1 aliphatic carbocycles. The molecule has 1 fully saturated rings. The summed E-state index contributed by atoms with van der Waals surface area (Å²) in [6.45, 7) is 6.07. The first-order valence-corrected chi connectivity index (χ1v) is 9.56. The second-order valence-electron chi connectivity index (χ2n) is 6.16. The Balaban J connectivity index is 2.17. The van der Waals surface area contributed by atoms with Gasteiger partial charge in [-0.3, -0.25) is 4.79 Å². The molecule has 1 N–H and O–H groups in total. The lowest BCUT2D eigenvalue weighted by Crippen LogP contribution is -2.46. The molecule has 130 valence electrons. The summed E-state index contributed by atoms with van der Waals surface area (Å²) in [5.74, 6) is -0.175. The maximum absolute atomic E-state index is 12.4. The zero-order valence-electron chi connectivity index (χ0n) is 14.2. The van der Waals surface area contributed by atoms with Crippen LogP contribution >= 0.6 is 0 Å². The molecular formula is C17H23N3O3S. The molecule has 0 unspecified atom stereocenters. The van der Waals surface area contributed by atoms with E-state index in [0.29, 0.717) is 18.7 Å². The van der Waals surface area contributed by atoms with Gasteiger partial charge in [0.1, 0.15) is 5.54 Å². The van der Waals surface area contributed by atoms with Crippen molar-refractivity contribution < 1.29 is 13.2 Å². The number of hydrogen-bond donors (Lipinski definition) is 1. The van der Waals surface area contributed by atoms with Crippen molar-refractivity contribution in [3.63, 3.8) is 0 Å². The van der Waals surface area contributed by atoms with E-state index in [0.717, 1.165) is 12.8 Å². The summed E-state index contributed by atoms with van der Waals surface area (Å²) in [7, 11) is -3.54. The molecule has 0 heterocycles. The highest BCUT2D eigenvalue weighted by atomic mass is 32.2. The van der Waals surface area contributed by atoms with Crippen molar-refractivity contribution in [1.82, 2.24) is 9.62 Å². The molecule has 1 aromatic carbocycles. The van der Waals surface area contributed by atoms with Gasteiger partial charge in [-0.1, -0.05) is 13.8 Å². The fourth-order valence-corrected chi connectivity index (χ4v) is 4.14. The number of carbonyl (C=O) groups excluding carboxylic acids is 1. The first-order valence-electron chi connectivity index (χ1n) is 8.12. The average molecular weight is 349 g/mol. The summed E-state index contributed by atoms with van der Waals surface area (Å²) in [5, 5.41) is 12.1. The number of rotatable bonds is 7. The summed E-state index contributed by atoms with van der Waals surface area (Å²) < 4.78 is 26.2. The van der Waals surface area contributed by atoms with Gasteiger partial charge in [-0.2, -0.15) is 9.57 Å². The molecule has 2 rings (SSSR count). The Morgan fingerprint density at radius 3 is 2.25 bits per heavy atom. The highest BCUT2D eigenvalue weighted by molar-refractivity contribution is 7.89. The van der Waals surface area contributed by atoms with Crippen LogP contribution in [0.1, 0.15) is 44.0 Å². The number of nitrogens with one attached hydrogen (secondary N) is 1. The van der Waals surface area contributed by atoms with Crippen LogP contribution in [0.25, 0.3) is 0 Å². The van der Waals surface area contributed by atoms with Crippen LogP contribution in [0.4, 0.5) is 0 Å². The lowest BCUT2D eigenvalue weighted by Gasteiger charge is -2.23. The minimum Gasteiger partial charge on any atom is -0.334 e. The summed E-state index contributed by atoms with van der Waals surface area (Å²) in [6, 6.07) is 8.01. The third-order valence-electron chi connectivity index (χ3n) is 4.46. The van der Waals surface area contributed by atoms with E-state index in [1.54, 1.807) is 20.8 Å². The van der Waals surface area contributed by atoms with Gasteiger partial charge in [-0.15, -0.1) is 0 Å². The fraction of sp³-hybridized carbons (Fsp3) is 0.529. The lowest BCUT2D eigenvalue weighted by atomic mass is 9.97. The normalized spacial score (nSPS) is 17.1. The monoisotopic (exact) mass is 349 g/mol. The van der Waals surface area contributed by atoms with Crippen molar-refractivity contribution in [2.24, 2.45) is 5.92 Å². The molecular weight excluding hydrogens is 326 g/mol. The quantitative estimate of drug-likeness (QED) is 0.816. The van der Waals surface area contributed by atoms with Crippen molar-refractivity contribution in [3.05, 3.63) is 29.8 Å². The number of benzene rings is 1. The standard InChI is InChI=1S/C17H23N3O3S/c1-4-20(5-2)24(22,23)15-10-6-13(7-11-15)16(21)19-17(3,12-18)14-8-9-14/h6-7,10-11,14H,4-5,8-9H2,1-3H3,(H,19,21)/t17-/m0/s1. The molecule has 0 spiro atoms. The SMILES string of the molecule is CCN(CC)S(=O)(=O)c1ccc(C(=O)N[C@@](C)(C#N)C2CC2)cc1. The van der Waals surface area contributed by atoms with E-state index in [9.17, 15) is 18.5 Å². The van der Waals surface area contributed by atoms with E-state index >= 15 is 0 Å². The maximum atomic E-state index is 12.4. The Kier molecular flexibility index (Phi) is 5.31. The first-order chi connectivity index (χ1) is 11.3. The van der Waals surface area contributed by atoms with Gasteiger partial charge in [-0.25, -0.2) is 8.42 Å². The molecule has 1 amide bonds. The number of carbonyl (C=O) groups is 1. The van der Waals surface area contributed by atoms with E-state index < -0.39 is 15.6 Å². The Morgan fingerprint density at radius 1 is 1.29 bits per heavy atom. The third kappa shape index (κ3) is 3.60. The van der Waals surface area contributed by atoms with E-state index in [4.69, 9.17) is 0 Å². The van der Waals surface area contributed by atoms with Crippen LogP contribution in [0.5, 0.6) is 0 Å². The molecule has 0 aromatic heterocycles. The molecule has 24 heavy (non-hydrogen) atoms. The maximum Gasteiger partial charge on any atom is 0.252 e. The highest BCUT2D eigenvalue weighted by Gasteiger charge is 2.43. The molecule has 0 saturated heterocycles. The molecule has 7 heteroatoms. The minimum atomic E-state index is -3.54. The van der Waals surface area contributed by atoms with Crippen LogP contribution in [0.15, 0.2) is 29.2 Å². The molecule has 1 aliphatic rings. The van der Waals surface area contributed by atoms with E-state index in [1.807, 2.05) is 0 Å². The summed E-state index contributed by atoms with van der Waals surface area (Å²) >= 11 is 0. The Morgan fingerprint density at radius 2 is 1.83 bits per heavy atom. The first kappa shape index (κ1) is 18.4. The topological polar surface area (TPSA) is 90.3 Å². The van der Waals surface area contributed by atoms with Crippen LogP contribution in [0.3, 0.4) is 0 Å². The van der Waals surface area contributed by atoms with Gasteiger partial charge < -0.3 is 5.32 Å². The van der Waals surface area contributed by atoms with E-state index in [-0.39, 0.29) is 16.7 Å². The van der Waals surface area contributed by atoms with Crippen molar-refractivity contribution >= 4 is 15.9 Å². The van der Waals surface area contributed by atoms with Crippen molar-refractivity contribution in [2.45, 2.75) is 44.0 Å². The van der Waals surface area contributed by atoms with Crippen LogP contribution < -0.4 is 5.32 Å². The molecule has 0 aliphatic heterocycles. The fourth-order valence-electron chi connectivity index (χ4n) is 2.68. The predicted octanol–water partition coefficient (Wildman–Crippen LogP) is 2.14. The number of hydrogen-bond acceptors (Lipinski definition) is 4. The summed E-state index contributed by atoms with van der Waals surface area (Å²) in [4.78, 5) is 12.5. The number of amides is 1. The average Bonchev–Trinajstić information content (AvgIpc) is 3.41. The Bertz CT molecular complexity index is 744. The van der Waals surface area contributed by atoms with Gasteiger partial charge >= 0.3 is 0 Å². The van der Waals surface area contributed by atoms with E-state index in [1.165, 1.54) is 28.6 Å². The smallest absolute Gasteiger partial charge is 0.252 e. The summed E-state index contributed by atoms with van der Waals surface area (Å²) in [6.07, 6.45) is 1.87. The molecule has 1 atom stereocenters. The van der Waals surface area contributed by atoms with Crippen LogP contribution in [0, 0.1) is 17.2 Å². The molecule has 1 aromatic rings. The van der Waals surface area contributed by atoms with Gasteiger partial charge in [0, 0.05) is 18.7 Å². The van der Waals surface area contributed by atoms with E-state index in [2.05, 4.69) is 11.4 Å². The highest BCUT2D eigenvalue weighted by Crippen LogP contribution is 2.39. The lowest BCUT2D eigenvalue weighted by molar-refractivity contribution is 0.0917. The largest absolute Gasteiger partial charge is 0.334 e. The van der Waals surface area contributed by atoms with Crippen LogP contribution in [-0.2, 0) is 10.0 Å². The number of nitrogens with zero attached hydrogens (tertiary/aromatic N) is 2. The van der Waals surface area contributed by atoms with Gasteiger partial charge in [0.05, 0.1) is 11.0 Å². The third-order valence-corrected chi connectivity index (χ3v) is 6.52. The van der Waals surface area contributed by atoms with Gasteiger partial charge in [0.2, 0.25) is 10.0 Å². The Hall–Kier alpha value is -1.91. The van der Waals surface area contributed by atoms with Crippen LogP contribution in [-0.4, -0.2) is 37.3 Å². The second-order valence-corrected chi connectivity index (χ2v) is 8.09.